The van der Waals surface area contributed by atoms with Gasteiger partial charge in [0.15, 0.2) is 9.84 Å². The van der Waals surface area contributed by atoms with Crippen LogP contribution in [0, 0.1) is 0 Å². The molecule has 1 heterocycles. The SMILES string of the molecule is CS(=O)(=O)C1CSCCN1S(=O)(=O)c1cccc(CO)c1. The summed E-state index contributed by atoms with van der Waals surface area (Å²) in [6.45, 7) is -0.108. The van der Waals surface area contributed by atoms with Crippen LogP contribution in [0.2, 0.25) is 0 Å². The Labute approximate surface area is 129 Å². The Kier molecular flexibility index (Phi) is 4.99. The fourth-order valence-electron chi connectivity index (χ4n) is 2.12. The molecule has 1 atom stereocenters. The Hall–Kier alpha value is -0.610. The van der Waals surface area contributed by atoms with Crippen LogP contribution in [0.4, 0.5) is 0 Å². The summed E-state index contributed by atoms with van der Waals surface area (Å²) in [6.07, 6.45) is 1.05. The molecule has 0 bridgehead atoms. The minimum atomic E-state index is -3.90. The fraction of sp³-hybridized carbons (Fsp3) is 0.500. The Morgan fingerprint density at radius 2 is 2.05 bits per heavy atom. The van der Waals surface area contributed by atoms with Gasteiger partial charge in [0.05, 0.1) is 11.5 Å². The van der Waals surface area contributed by atoms with Gasteiger partial charge in [-0.1, -0.05) is 12.1 Å². The van der Waals surface area contributed by atoms with Gasteiger partial charge >= 0.3 is 0 Å². The topological polar surface area (TPSA) is 91.8 Å². The number of sulfonamides is 1. The Balaban J connectivity index is 2.45. The fourth-order valence-corrected chi connectivity index (χ4v) is 7.36. The van der Waals surface area contributed by atoms with E-state index in [-0.39, 0.29) is 23.8 Å². The molecule has 1 aliphatic heterocycles. The van der Waals surface area contributed by atoms with Gasteiger partial charge in [-0.25, -0.2) is 16.8 Å². The first-order valence-electron chi connectivity index (χ1n) is 6.25. The van der Waals surface area contributed by atoms with Crippen LogP contribution in [0.15, 0.2) is 29.2 Å². The lowest BCUT2D eigenvalue weighted by Gasteiger charge is -2.33. The number of nitrogens with zero attached hydrogens (tertiary/aromatic N) is 1. The maximum absolute atomic E-state index is 12.7. The van der Waals surface area contributed by atoms with E-state index in [4.69, 9.17) is 5.11 Å². The van der Waals surface area contributed by atoms with Crippen LogP contribution in [0.3, 0.4) is 0 Å². The van der Waals surface area contributed by atoms with Crippen molar-refractivity contribution >= 4 is 31.6 Å². The summed E-state index contributed by atoms with van der Waals surface area (Å²) < 4.78 is 50.1. The summed E-state index contributed by atoms with van der Waals surface area (Å²) in [4.78, 5) is 0.00889. The lowest BCUT2D eigenvalue weighted by atomic mass is 10.2. The predicted molar refractivity (Wildman–Crippen MR) is 82.2 cm³/mol. The molecule has 0 radical (unpaired) electrons. The first-order valence-corrected chi connectivity index (χ1v) is 10.8. The highest BCUT2D eigenvalue weighted by Crippen LogP contribution is 2.27. The van der Waals surface area contributed by atoms with Crippen LogP contribution in [-0.2, 0) is 26.5 Å². The van der Waals surface area contributed by atoms with Crippen LogP contribution in [0.25, 0.3) is 0 Å². The van der Waals surface area contributed by atoms with E-state index in [0.717, 1.165) is 10.6 Å². The van der Waals surface area contributed by atoms with Gasteiger partial charge in [-0.3, -0.25) is 0 Å². The molecule has 21 heavy (non-hydrogen) atoms. The van der Waals surface area contributed by atoms with Gasteiger partial charge in [0.1, 0.15) is 5.37 Å². The Bertz CT molecular complexity index is 714. The minimum Gasteiger partial charge on any atom is -0.392 e. The molecule has 1 saturated heterocycles. The minimum absolute atomic E-state index is 0.00889. The average molecular weight is 351 g/mol. The van der Waals surface area contributed by atoms with Crippen molar-refractivity contribution in [2.45, 2.75) is 16.9 Å². The number of hydrogen-bond acceptors (Lipinski definition) is 6. The van der Waals surface area contributed by atoms with Crippen molar-refractivity contribution in [3.05, 3.63) is 29.8 Å². The molecule has 1 aromatic rings. The number of hydrogen-bond donors (Lipinski definition) is 1. The number of aliphatic hydroxyl groups excluding tert-OH is 1. The van der Waals surface area contributed by atoms with Gasteiger partial charge < -0.3 is 5.11 Å². The second-order valence-corrected chi connectivity index (χ2v) is 10.0. The van der Waals surface area contributed by atoms with Crippen molar-refractivity contribution in [3.63, 3.8) is 0 Å². The first kappa shape index (κ1) is 16.8. The van der Waals surface area contributed by atoms with Crippen LogP contribution in [-0.4, -0.2) is 55.9 Å². The summed E-state index contributed by atoms with van der Waals surface area (Å²) in [5.41, 5.74) is 0.471. The van der Waals surface area contributed by atoms with Crippen molar-refractivity contribution in [1.82, 2.24) is 4.31 Å². The Morgan fingerprint density at radius 3 is 2.67 bits per heavy atom. The molecule has 6 nitrogen and oxygen atoms in total. The van der Waals surface area contributed by atoms with Gasteiger partial charge in [-0.2, -0.15) is 16.1 Å². The summed E-state index contributed by atoms with van der Waals surface area (Å²) in [7, 11) is -7.40. The standard InChI is InChI=1S/C12H17NO5S3/c1-20(15,16)12-9-19-6-5-13(12)21(17,18)11-4-2-3-10(7-11)8-14/h2-4,7,12,14H,5-6,8-9H2,1H3. The highest BCUT2D eigenvalue weighted by atomic mass is 32.2. The second kappa shape index (κ2) is 6.25. The summed E-state index contributed by atoms with van der Waals surface area (Å²) in [6, 6.07) is 5.93. The van der Waals surface area contributed by atoms with Crippen molar-refractivity contribution in [2.24, 2.45) is 0 Å². The van der Waals surface area contributed by atoms with Crippen LogP contribution in [0.5, 0.6) is 0 Å². The molecule has 1 fully saturated rings. The molecule has 0 aliphatic carbocycles. The molecular weight excluding hydrogens is 334 g/mol. The second-order valence-electron chi connectivity index (χ2n) is 4.78. The molecule has 1 N–H and O–H groups in total. The maximum atomic E-state index is 12.7. The van der Waals surface area contributed by atoms with Crippen molar-refractivity contribution in [3.8, 4) is 0 Å². The number of aliphatic hydroxyl groups is 1. The van der Waals surface area contributed by atoms with Crippen LogP contribution >= 0.6 is 11.8 Å². The van der Waals surface area contributed by atoms with E-state index < -0.39 is 25.2 Å². The summed E-state index contributed by atoms with van der Waals surface area (Å²) >= 11 is 1.43. The summed E-state index contributed by atoms with van der Waals surface area (Å²) in [5, 5.41) is 8.07. The predicted octanol–water partition coefficient (Wildman–Crippen LogP) is 0.287. The molecule has 1 aliphatic rings. The van der Waals surface area contributed by atoms with E-state index in [0.29, 0.717) is 11.3 Å². The van der Waals surface area contributed by atoms with Gasteiger partial charge in [-0.05, 0) is 17.7 Å². The normalized spacial score (nSPS) is 21.3. The lowest BCUT2D eigenvalue weighted by molar-refractivity contribution is 0.281. The third-order valence-corrected chi connectivity index (χ3v) is 7.90. The molecule has 9 heteroatoms. The number of rotatable bonds is 4. The molecule has 0 spiro atoms. The van der Waals surface area contributed by atoms with E-state index in [1.165, 1.54) is 30.0 Å². The molecule has 0 amide bonds. The molecule has 0 aromatic heterocycles. The maximum Gasteiger partial charge on any atom is 0.244 e. The largest absolute Gasteiger partial charge is 0.392 e. The zero-order valence-electron chi connectivity index (χ0n) is 11.5. The molecular formula is C12H17NO5S3. The average Bonchev–Trinajstić information content (AvgIpc) is 2.46. The number of benzene rings is 1. The number of thioether (sulfide) groups is 1. The van der Waals surface area contributed by atoms with Crippen LogP contribution < -0.4 is 0 Å². The molecule has 2 rings (SSSR count). The molecule has 118 valence electrons. The van der Waals surface area contributed by atoms with Gasteiger partial charge in [0, 0.05) is 24.3 Å². The van der Waals surface area contributed by atoms with Crippen molar-refractivity contribution in [2.75, 3.05) is 24.3 Å². The van der Waals surface area contributed by atoms with E-state index in [1.807, 2.05) is 0 Å². The molecule has 0 saturated carbocycles. The molecule has 1 unspecified atom stereocenters. The third kappa shape index (κ3) is 3.59. The van der Waals surface area contributed by atoms with Gasteiger partial charge in [0.2, 0.25) is 10.0 Å². The van der Waals surface area contributed by atoms with E-state index in [1.54, 1.807) is 6.07 Å². The zero-order valence-corrected chi connectivity index (χ0v) is 13.9. The highest BCUT2D eigenvalue weighted by Gasteiger charge is 2.39. The summed E-state index contributed by atoms with van der Waals surface area (Å²) in [5.74, 6) is 0.794. The van der Waals surface area contributed by atoms with Crippen molar-refractivity contribution < 1.29 is 21.9 Å². The Morgan fingerprint density at radius 1 is 1.33 bits per heavy atom. The highest BCUT2D eigenvalue weighted by molar-refractivity contribution is 8.01. The third-order valence-electron chi connectivity index (χ3n) is 3.22. The first-order chi connectivity index (χ1) is 9.76. The monoisotopic (exact) mass is 351 g/mol. The zero-order chi connectivity index (χ0) is 15.7. The quantitative estimate of drug-likeness (QED) is 0.838. The number of sulfone groups is 1. The van der Waals surface area contributed by atoms with Crippen LogP contribution in [0.1, 0.15) is 5.56 Å². The molecule has 1 aromatic carbocycles. The van der Waals surface area contributed by atoms with E-state index in [2.05, 4.69) is 0 Å². The van der Waals surface area contributed by atoms with Crippen molar-refractivity contribution in [1.29, 1.82) is 0 Å². The van der Waals surface area contributed by atoms with E-state index in [9.17, 15) is 16.8 Å². The van der Waals surface area contributed by atoms with Gasteiger partial charge in [0.25, 0.3) is 0 Å². The lowest BCUT2D eigenvalue weighted by Crippen LogP contribution is -2.49. The smallest absolute Gasteiger partial charge is 0.244 e. The van der Waals surface area contributed by atoms with E-state index >= 15 is 0 Å². The van der Waals surface area contributed by atoms with Gasteiger partial charge in [-0.15, -0.1) is 0 Å².